The number of alkyl halides is 1. The Bertz CT molecular complexity index is 1890. The van der Waals surface area contributed by atoms with Gasteiger partial charge >= 0.3 is 16.5 Å². The Balaban J connectivity index is 1.21. The minimum absolute atomic E-state index is 0.0323. The number of H-pyrrole nitrogens is 1. The summed E-state index contributed by atoms with van der Waals surface area (Å²) in [5.74, 6) is -0.0715. The molecular weight excluding hydrogens is 657 g/mol. The molecule has 3 saturated heterocycles. The predicted octanol–water partition coefficient (Wildman–Crippen LogP) is 0.649. The molecule has 4 aromatic heterocycles. The van der Waals surface area contributed by atoms with Crippen LogP contribution in [-0.2, 0) is 41.4 Å². The first-order valence-corrected chi connectivity index (χ1v) is 16.4. The fourth-order valence-electron chi connectivity index (χ4n) is 5.93. The van der Waals surface area contributed by atoms with Crippen LogP contribution in [0.25, 0.3) is 22.3 Å². The lowest BCUT2D eigenvalue weighted by molar-refractivity contribution is -0.123. The Hall–Kier alpha value is -3.39. The number of aromatic amines is 1. The lowest BCUT2D eigenvalue weighted by atomic mass is 9.93. The zero-order valence-corrected chi connectivity index (χ0v) is 26.1. The van der Waals surface area contributed by atoms with Gasteiger partial charge in [0.1, 0.15) is 41.9 Å². The van der Waals surface area contributed by atoms with E-state index in [1.165, 1.54) is 30.7 Å². The number of nitrogens with one attached hydrogen (secondary N) is 1. The number of methoxy groups -OCH3 is 1. The summed E-state index contributed by atoms with van der Waals surface area (Å²) in [4.78, 5) is 35.3. The first-order chi connectivity index (χ1) is 22.1. The summed E-state index contributed by atoms with van der Waals surface area (Å²) in [7, 11) is -5.45. The molecule has 7 heterocycles. The maximum absolute atomic E-state index is 15.8. The van der Waals surface area contributed by atoms with E-state index < -0.39 is 83.9 Å². The zero-order valence-electron chi connectivity index (χ0n) is 24.1. The number of nitrogens with two attached hydrogens (primary N) is 2. The fourth-order valence-corrected chi connectivity index (χ4v) is 7.76. The Kier molecular flexibility index (Phi) is 8.15. The van der Waals surface area contributed by atoms with E-state index in [-0.39, 0.29) is 29.4 Å². The van der Waals surface area contributed by atoms with Crippen LogP contribution >= 0.6 is 16.5 Å². The highest BCUT2D eigenvalue weighted by Crippen LogP contribution is 2.50. The number of imidazole rings is 2. The van der Waals surface area contributed by atoms with Crippen molar-refractivity contribution in [2.24, 2.45) is 0 Å². The van der Waals surface area contributed by atoms with Crippen LogP contribution < -0.4 is 17.0 Å². The van der Waals surface area contributed by atoms with Gasteiger partial charge in [-0.1, -0.05) is 6.92 Å². The second kappa shape index (κ2) is 12.0. The molecule has 4 aromatic rings. The van der Waals surface area contributed by atoms with E-state index in [2.05, 4.69) is 29.9 Å². The van der Waals surface area contributed by atoms with Crippen LogP contribution in [0.2, 0.25) is 0 Å². The van der Waals surface area contributed by atoms with Gasteiger partial charge in [-0.25, -0.2) is 24.3 Å². The van der Waals surface area contributed by atoms with Crippen molar-refractivity contribution in [2.75, 3.05) is 31.8 Å². The predicted molar refractivity (Wildman–Crippen MR) is 155 cm³/mol. The zero-order chi connectivity index (χ0) is 32.3. The highest BCUT2D eigenvalue weighted by Gasteiger charge is 2.58. The van der Waals surface area contributed by atoms with Gasteiger partial charge in [0.2, 0.25) is 5.95 Å². The van der Waals surface area contributed by atoms with Crippen molar-refractivity contribution >= 4 is 50.6 Å². The largest absolute Gasteiger partial charge is 0.382 e. The van der Waals surface area contributed by atoms with Crippen molar-refractivity contribution in [3.05, 3.63) is 29.3 Å². The molecular formula is C23H29FN10O10P2. The van der Waals surface area contributed by atoms with Gasteiger partial charge in [-0.2, -0.15) is 4.98 Å². The van der Waals surface area contributed by atoms with Crippen LogP contribution in [-0.4, -0.2) is 95.6 Å². The number of ether oxygens (including phenoxy) is 3. The number of hydrogen-bond acceptors (Lipinski definition) is 17. The summed E-state index contributed by atoms with van der Waals surface area (Å²) in [5.41, 5.74) is 10.1. The summed E-state index contributed by atoms with van der Waals surface area (Å²) >= 11 is 0. The number of nitrogen functional groups attached to an aromatic ring is 2. The van der Waals surface area contributed by atoms with Crippen molar-refractivity contribution in [3.8, 4) is 0 Å². The van der Waals surface area contributed by atoms with Crippen molar-refractivity contribution in [1.82, 2.24) is 39.0 Å². The summed E-state index contributed by atoms with van der Waals surface area (Å²) in [6, 6.07) is 0. The molecule has 248 valence electrons. The van der Waals surface area contributed by atoms with Crippen LogP contribution in [0.4, 0.5) is 16.2 Å². The highest BCUT2D eigenvalue weighted by atomic mass is 31.1. The number of hydrogen-bond donors (Lipinski definition) is 3. The van der Waals surface area contributed by atoms with E-state index in [1.54, 1.807) is 11.5 Å². The molecule has 0 saturated carbocycles. The molecule has 2 unspecified atom stereocenters. The molecule has 23 heteroatoms. The van der Waals surface area contributed by atoms with Gasteiger partial charge in [0.25, 0.3) is 5.56 Å². The summed E-state index contributed by atoms with van der Waals surface area (Å²) in [6.07, 6.45) is -5.14. The average Bonchev–Trinajstić information content (AvgIpc) is 3.79. The third-order valence-corrected chi connectivity index (χ3v) is 9.92. The van der Waals surface area contributed by atoms with Gasteiger partial charge < -0.3 is 39.2 Å². The molecule has 3 aliphatic heterocycles. The molecule has 0 spiro atoms. The quantitative estimate of drug-likeness (QED) is 0.249. The number of nitrogens with zero attached hydrogens (tertiary/aromatic N) is 7. The molecule has 0 aromatic carbocycles. The third kappa shape index (κ3) is 5.11. The monoisotopic (exact) mass is 686 g/mol. The molecule has 10 atom stereocenters. The van der Waals surface area contributed by atoms with Gasteiger partial charge in [-0.05, 0) is 6.42 Å². The molecule has 3 aliphatic rings. The van der Waals surface area contributed by atoms with Crippen molar-refractivity contribution in [2.45, 2.75) is 62.0 Å². The molecule has 0 aliphatic carbocycles. The van der Waals surface area contributed by atoms with E-state index >= 15 is 4.39 Å². The van der Waals surface area contributed by atoms with E-state index in [9.17, 15) is 13.9 Å². The summed E-state index contributed by atoms with van der Waals surface area (Å²) in [6.45, 7) is 0.792. The van der Waals surface area contributed by atoms with Crippen molar-refractivity contribution < 1.29 is 45.8 Å². The van der Waals surface area contributed by atoms with Crippen LogP contribution in [0.3, 0.4) is 0 Å². The SMILES string of the molecule is CC[C@@]12CO[PH](=O)O[C@@H]3[C@H](F)[C@@H](CO[PH](=O)O[C@H]1[C@@H](OC)[C@H](n1cnc4c(N)ncnc41)O2)O[C@H]3n1cnc2c(=O)[nH]c(N)nc21. The van der Waals surface area contributed by atoms with E-state index in [0.29, 0.717) is 11.2 Å². The summed E-state index contributed by atoms with van der Waals surface area (Å²) < 4.78 is 86.1. The van der Waals surface area contributed by atoms with Crippen molar-refractivity contribution in [1.29, 1.82) is 0 Å². The lowest BCUT2D eigenvalue weighted by Gasteiger charge is -2.33. The maximum atomic E-state index is 15.8. The molecule has 2 bridgehead atoms. The number of fused-ring (bicyclic) bond motifs is 5. The Morgan fingerprint density at radius 2 is 1.80 bits per heavy atom. The van der Waals surface area contributed by atoms with Gasteiger partial charge in [0, 0.05) is 7.11 Å². The molecule has 0 amide bonds. The van der Waals surface area contributed by atoms with Crippen molar-refractivity contribution in [3.63, 3.8) is 0 Å². The van der Waals surface area contributed by atoms with E-state index in [0.717, 1.165) is 0 Å². The molecule has 5 N–H and O–H groups in total. The van der Waals surface area contributed by atoms with Gasteiger partial charge in [-0.15, -0.1) is 0 Å². The fraction of sp³-hybridized carbons (Fsp3) is 0.565. The van der Waals surface area contributed by atoms with Gasteiger partial charge in [-0.3, -0.25) is 32.6 Å². The molecule has 7 rings (SSSR count). The Morgan fingerprint density at radius 1 is 1.07 bits per heavy atom. The van der Waals surface area contributed by atoms with Crippen LogP contribution in [0.15, 0.2) is 23.8 Å². The molecule has 46 heavy (non-hydrogen) atoms. The number of aromatic nitrogens is 8. The lowest BCUT2D eigenvalue weighted by Crippen LogP contribution is -2.47. The third-order valence-electron chi connectivity index (χ3n) is 8.23. The molecule has 3 fully saturated rings. The van der Waals surface area contributed by atoms with Gasteiger partial charge in [0.05, 0.1) is 25.9 Å². The number of halogens is 1. The average molecular weight is 686 g/mol. The van der Waals surface area contributed by atoms with E-state index in [1.807, 2.05) is 0 Å². The van der Waals surface area contributed by atoms with Gasteiger partial charge in [0.15, 0.2) is 41.3 Å². The molecule has 20 nitrogen and oxygen atoms in total. The standard InChI is InChI=1S/C23H29FN10O10P2/c1-3-23-5-40-46(37)43-13-10(24)9(41-20(13)34-8-30-12-18(34)31-22(26)32-19(12)35)4-39-45(36)44-15(23)14(38-2)21(42-23)33-7-29-11-16(25)27-6-28-17(11)33/h6-10,13-15,20-21,45-46H,3-5H2,1-2H3,(H2,25,27,28)(H3,26,31,32,35)/t9-,10-,13-,14-,15+,20-,21-,23-/m1/s1. The minimum Gasteiger partial charge on any atom is -0.382 e. The second-order valence-corrected chi connectivity index (χ2v) is 12.8. The Morgan fingerprint density at radius 3 is 2.57 bits per heavy atom. The Labute approximate surface area is 258 Å². The first-order valence-electron chi connectivity index (χ1n) is 14.0. The van der Waals surface area contributed by atoms with Crippen LogP contribution in [0.1, 0.15) is 25.8 Å². The minimum atomic E-state index is -3.48. The molecule has 0 radical (unpaired) electrons. The summed E-state index contributed by atoms with van der Waals surface area (Å²) in [5, 5.41) is 0. The maximum Gasteiger partial charge on any atom is 0.319 e. The topological polar surface area (TPSA) is 258 Å². The van der Waals surface area contributed by atoms with E-state index in [4.69, 9.17) is 43.8 Å². The first kappa shape index (κ1) is 31.2. The second-order valence-electron chi connectivity index (χ2n) is 10.7. The highest BCUT2D eigenvalue weighted by molar-refractivity contribution is 7.33. The normalized spacial score (nSPS) is 35.5. The number of rotatable bonds is 4. The number of anilines is 2. The van der Waals surface area contributed by atoms with Crippen LogP contribution in [0, 0.1) is 0 Å². The smallest absolute Gasteiger partial charge is 0.319 e. The van der Waals surface area contributed by atoms with Crippen LogP contribution in [0.5, 0.6) is 0 Å².